The minimum absolute atomic E-state index is 0.0136. The maximum atomic E-state index is 13.1. The zero-order valence-electron chi connectivity index (χ0n) is 8.35. The van der Waals surface area contributed by atoms with Gasteiger partial charge in [0.05, 0.1) is 11.9 Å². The van der Waals surface area contributed by atoms with Crippen molar-refractivity contribution in [3.8, 4) is 0 Å². The van der Waals surface area contributed by atoms with Crippen molar-refractivity contribution in [2.75, 3.05) is 12.0 Å². The lowest BCUT2D eigenvalue weighted by molar-refractivity contribution is 0.196. The molecule has 0 aliphatic rings. The van der Waals surface area contributed by atoms with Gasteiger partial charge in [-0.3, -0.25) is 0 Å². The molecule has 1 rings (SSSR count). The Morgan fingerprint density at radius 2 is 2.00 bits per heavy atom. The number of halogens is 1. The Kier molecular flexibility index (Phi) is 3.82. The molecule has 3 nitrogen and oxygen atoms in total. The summed E-state index contributed by atoms with van der Waals surface area (Å²) in [5.41, 5.74) is 0.327. The molecule has 15 heavy (non-hydrogen) atoms. The minimum atomic E-state index is -3.23. The van der Waals surface area contributed by atoms with Crippen LogP contribution < -0.4 is 0 Å². The quantitative estimate of drug-likeness (QED) is 0.834. The molecule has 0 radical (unpaired) electrons. The summed E-state index contributed by atoms with van der Waals surface area (Å²) >= 11 is 0. The van der Waals surface area contributed by atoms with Crippen LogP contribution in [0.1, 0.15) is 5.56 Å². The van der Waals surface area contributed by atoms with Gasteiger partial charge in [0.2, 0.25) is 0 Å². The third-order valence-corrected chi connectivity index (χ3v) is 2.90. The predicted octanol–water partition coefficient (Wildman–Crippen LogP) is 0.774. The Bertz CT molecular complexity index is 428. The summed E-state index contributed by atoms with van der Waals surface area (Å²) < 4.78 is 34.8. The lowest BCUT2D eigenvalue weighted by Crippen LogP contribution is -2.22. The maximum absolute atomic E-state index is 13.1. The number of sulfone groups is 1. The molecule has 0 amide bonds. The molecule has 0 saturated heterocycles. The number of aliphatic hydroxyl groups excluding tert-OH is 1. The van der Waals surface area contributed by atoms with Crippen LogP contribution in [0, 0.1) is 5.82 Å². The first kappa shape index (κ1) is 12.1. The second kappa shape index (κ2) is 4.72. The van der Waals surface area contributed by atoms with Crippen LogP contribution in [0.3, 0.4) is 0 Å². The van der Waals surface area contributed by atoms with Crippen molar-refractivity contribution in [2.45, 2.75) is 12.5 Å². The molecule has 0 bridgehead atoms. The molecule has 1 N–H and O–H groups in total. The molecule has 5 heteroatoms. The topological polar surface area (TPSA) is 54.4 Å². The first-order valence-electron chi connectivity index (χ1n) is 4.47. The van der Waals surface area contributed by atoms with Gasteiger partial charge in [0, 0.05) is 12.7 Å². The van der Waals surface area contributed by atoms with Crippen molar-refractivity contribution in [3.63, 3.8) is 0 Å². The smallest absolute Gasteiger partial charge is 0.150 e. The third kappa shape index (κ3) is 4.40. The van der Waals surface area contributed by atoms with E-state index in [0.29, 0.717) is 5.56 Å². The summed E-state index contributed by atoms with van der Waals surface area (Å²) in [6.45, 7) is 0. The summed E-state index contributed by atoms with van der Waals surface area (Å²) in [5.74, 6) is -0.772. The van der Waals surface area contributed by atoms with Crippen molar-refractivity contribution >= 4 is 9.84 Å². The highest BCUT2D eigenvalue weighted by Gasteiger charge is 2.14. The second-order valence-corrected chi connectivity index (χ2v) is 5.73. The lowest BCUT2D eigenvalue weighted by atomic mass is 10.1. The Morgan fingerprint density at radius 1 is 1.40 bits per heavy atom. The largest absolute Gasteiger partial charge is 0.392 e. The minimum Gasteiger partial charge on any atom is -0.392 e. The van der Waals surface area contributed by atoms with Gasteiger partial charge >= 0.3 is 0 Å². The first-order valence-corrected chi connectivity index (χ1v) is 6.54. The molecule has 0 saturated carbocycles. The van der Waals surface area contributed by atoms with Crippen LogP contribution in [0.25, 0.3) is 0 Å². The van der Waals surface area contributed by atoms with E-state index in [9.17, 15) is 17.9 Å². The summed E-state index contributed by atoms with van der Waals surface area (Å²) in [6, 6.07) is 6.00. The number of rotatable bonds is 4. The summed E-state index contributed by atoms with van der Waals surface area (Å²) in [4.78, 5) is 0. The van der Waals surface area contributed by atoms with Gasteiger partial charge in [0.25, 0.3) is 0 Å². The van der Waals surface area contributed by atoms with Gasteiger partial charge in [-0.2, -0.15) is 0 Å². The van der Waals surface area contributed by atoms with Crippen molar-refractivity contribution in [2.24, 2.45) is 0 Å². The van der Waals surface area contributed by atoms with Gasteiger partial charge < -0.3 is 5.11 Å². The van der Waals surface area contributed by atoms with Crippen LogP contribution in [-0.4, -0.2) is 31.6 Å². The normalized spacial score (nSPS) is 13.8. The monoisotopic (exact) mass is 232 g/mol. The fourth-order valence-electron chi connectivity index (χ4n) is 1.33. The molecule has 1 unspecified atom stereocenters. The van der Waals surface area contributed by atoms with E-state index in [1.165, 1.54) is 12.1 Å². The molecule has 0 aliphatic heterocycles. The van der Waals surface area contributed by atoms with Crippen LogP contribution in [0.5, 0.6) is 0 Å². The molecule has 0 aliphatic carbocycles. The van der Waals surface area contributed by atoms with Crippen molar-refractivity contribution < 1.29 is 17.9 Å². The van der Waals surface area contributed by atoms with Gasteiger partial charge in [0.15, 0.2) is 0 Å². The molecule has 84 valence electrons. The van der Waals surface area contributed by atoms with Gasteiger partial charge in [-0.1, -0.05) is 18.2 Å². The van der Waals surface area contributed by atoms with Gasteiger partial charge in [-0.05, 0) is 11.6 Å². The highest BCUT2D eigenvalue weighted by molar-refractivity contribution is 7.90. The Hall–Kier alpha value is -0.940. The number of benzene rings is 1. The molecule has 0 spiro atoms. The average Bonchev–Trinajstić information content (AvgIpc) is 2.05. The Balaban J connectivity index is 2.67. The number of aliphatic hydroxyl groups is 1. The summed E-state index contributed by atoms with van der Waals surface area (Å²) in [5, 5.41) is 9.42. The van der Waals surface area contributed by atoms with Crippen LogP contribution in [0.2, 0.25) is 0 Å². The van der Waals surface area contributed by atoms with Crippen LogP contribution in [0.4, 0.5) is 4.39 Å². The van der Waals surface area contributed by atoms with Crippen molar-refractivity contribution in [3.05, 3.63) is 35.6 Å². The zero-order valence-corrected chi connectivity index (χ0v) is 9.17. The summed E-state index contributed by atoms with van der Waals surface area (Å²) in [6.07, 6.45) is -0.00554. The van der Waals surface area contributed by atoms with E-state index in [0.717, 1.165) is 6.26 Å². The fraction of sp³-hybridized carbons (Fsp3) is 0.400. The molecule has 1 aromatic rings. The molecule has 1 atom stereocenters. The molecule has 0 aromatic heterocycles. The molecule has 0 fully saturated rings. The molecular weight excluding hydrogens is 219 g/mol. The van der Waals surface area contributed by atoms with E-state index >= 15 is 0 Å². The van der Waals surface area contributed by atoms with Crippen LogP contribution in [-0.2, 0) is 16.3 Å². The van der Waals surface area contributed by atoms with Gasteiger partial charge in [-0.25, -0.2) is 12.8 Å². The first-order chi connectivity index (χ1) is 6.88. The third-order valence-electron chi connectivity index (χ3n) is 1.91. The van der Waals surface area contributed by atoms with Crippen LogP contribution in [0.15, 0.2) is 24.3 Å². The highest BCUT2D eigenvalue weighted by atomic mass is 32.2. The standard InChI is InChI=1S/C10H13FO3S/c1-15(13,14)7-9(12)6-8-4-2-3-5-10(8)11/h2-5,9,12H,6-7H2,1H3. The van der Waals surface area contributed by atoms with E-state index in [-0.39, 0.29) is 12.2 Å². The van der Waals surface area contributed by atoms with E-state index in [1.54, 1.807) is 12.1 Å². The fourth-order valence-corrected chi connectivity index (χ4v) is 2.14. The van der Waals surface area contributed by atoms with Crippen molar-refractivity contribution in [1.29, 1.82) is 0 Å². The van der Waals surface area contributed by atoms with E-state index < -0.39 is 21.8 Å². The summed E-state index contributed by atoms with van der Waals surface area (Å²) in [7, 11) is -3.23. The average molecular weight is 232 g/mol. The van der Waals surface area contributed by atoms with E-state index in [2.05, 4.69) is 0 Å². The second-order valence-electron chi connectivity index (χ2n) is 3.54. The van der Waals surface area contributed by atoms with Gasteiger partial charge in [0.1, 0.15) is 15.7 Å². The molecular formula is C10H13FO3S. The van der Waals surface area contributed by atoms with E-state index in [4.69, 9.17) is 0 Å². The predicted molar refractivity (Wildman–Crippen MR) is 55.8 cm³/mol. The van der Waals surface area contributed by atoms with Crippen molar-refractivity contribution in [1.82, 2.24) is 0 Å². The SMILES string of the molecule is CS(=O)(=O)CC(O)Cc1ccccc1F. The van der Waals surface area contributed by atoms with Gasteiger partial charge in [-0.15, -0.1) is 0 Å². The maximum Gasteiger partial charge on any atom is 0.150 e. The lowest BCUT2D eigenvalue weighted by Gasteiger charge is -2.09. The Morgan fingerprint density at radius 3 is 2.53 bits per heavy atom. The number of hydrogen-bond acceptors (Lipinski definition) is 3. The number of hydrogen-bond donors (Lipinski definition) is 1. The van der Waals surface area contributed by atoms with Crippen LogP contribution >= 0.6 is 0 Å². The Labute approximate surface area is 88.5 Å². The molecule has 1 aromatic carbocycles. The van der Waals surface area contributed by atoms with E-state index in [1.807, 2.05) is 0 Å². The zero-order chi connectivity index (χ0) is 11.5. The molecule has 0 heterocycles. The highest BCUT2D eigenvalue weighted by Crippen LogP contribution is 2.09.